The standard InChI is InChI=1S/C14H17N5O/c1-7-12(15)8(2)19(18-7)14-10(13(16)20)6-9-4-3-5-11(9)17-14/h6H,3-5,15H2,1-2H3,(H2,16,20). The van der Waals surface area contributed by atoms with Crippen LogP contribution in [0.25, 0.3) is 5.82 Å². The third-order valence-corrected chi connectivity index (χ3v) is 3.84. The van der Waals surface area contributed by atoms with E-state index in [9.17, 15) is 4.79 Å². The Hall–Kier alpha value is -2.37. The summed E-state index contributed by atoms with van der Waals surface area (Å²) in [5.41, 5.74) is 16.1. The van der Waals surface area contributed by atoms with Gasteiger partial charge in [0.2, 0.25) is 0 Å². The van der Waals surface area contributed by atoms with Crippen LogP contribution in [0.4, 0.5) is 5.69 Å². The summed E-state index contributed by atoms with van der Waals surface area (Å²) < 4.78 is 1.61. The van der Waals surface area contributed by atoms with Gasteiger partial charge in [-0.3, -0.25) is 4.79 Å². The Morgan fingerprint density at radius 2 is 2.10 bits per heavy atom. The van der Waals surface area contributed by atoms with Crippen LogP contribution in [0.15, 0.2) is 6.07 Å². The van der Waals surface area contributed by atoms with Crippen LogP contribution < -0.4 is 11.5 Å². The van der Waals surface area contributed by atoms with E-state index in [2.05, 4.69) is 10.1 Å². The van der Waals surface area contributed by atoms with Crippen molar-refractivity contribution in [3.63, 3.8) is 0 Å². The van der Waals surface area contributed by atoms with Crippen LogP contribution in [0.5, 0.6) is 0 Å². The molecule has 6 heteroatoms. The Morgan fingerprint density at radius 3 is 2.70 bits per heavy atom. The molecule has 0 aromatic carbocycles. The van der Waals surface area contributed by atoms with Gasteiger partial charge in [0, 0.05) is 5.69 Å². The Kier molecular flexibility index (Phi) is 2.74. The van der Waals surface area contributed by atoms with E-state index in [0.717, 1.165) is 41.9 Å². The zero-order valence-electron chi connectivity index (χ0n) is 11.6. The maximum Gasteiger partial charge on any atom is 0.252 e. The van der Waals surface area contributed by atoms with Gasteiger partial charge in [-0.05, 0) is 44.7 Å². The maximum atomic E-state index is 11.7. The first-order valence-corrected chi connectivity index (χ1v) is 6.63. The molecule has 4 N–H and O–H groups in total. The molecule has 0 unspecified atom stereocenters. The van der Waals surface area contributed by atoms with Crippen molar-refractivity contribution in [3.05, 3.63) is 34.3 Å². The van der Waals surface area contributed by atoms with Gasteiger partial charge in [0.05, 0.1) is 22.6 Å². The molecule has 2 heterocycles. The predicted octanol–water partition coefficient (Wildman–Crippen LogP) is 1.05. The normalized spacial score (nSPS) is 13.5. The summed E-state index contributed by atoms with van der Waals surface area (Å²) in [5, 5.41) is 4.37. The molecule has 1 aliphatic rings. The molecule has 1 aliphatic carbocycles. The van der Waals surface area contributed by atoms with Crippen molar-refractivity contribution in [1.29, 1.82) is 0 Å². The van der Waals surface area contributed by atoms with E-state index in [4.69, 9.17) is 11.5 Å². The van der Waals surface area contributed by atoms with Crippen molar-refractivity contribution < 1.29 is 4.79 Å². The lowest BCUT2D eigenvalue weighted by Gasteiger charge is -2.10. The number of amides is 1. The summed E-state index contributed by atoms with van der Waals surface area (Å²) in [6.45, 7) is 3.69. The highest BCUT2D eigenvalue weighted by Crippen LogP contribution is 2.26. The smallest absolute Gasteiger partial charge is 0.252 e. The van der Waals surface area contributed by atoms with E-state index in [-0.39, 0.29) is 0 Å². The molecule has 3 rings (SSSR count). The number of hydrogen-bond acceptors (Lipinski definition) is 4. The number of nitrogens with two attached hydrogens (primary N) is 2. The van der Waals surface area contributed by atoms with Gasteiger partial charge in [0.15, 0.2) is 5.82 Å². The number of nitrogens with zero attached hydrogens (tertiary/aromatic N) is 3. The number of rotatable bonds is 2. The van der Waals surface area contributed by atoms with Gasteiger partial charge in [-0.15, -0.1) is 0 Å². The topological polar surface area (TPSA) is 99.8 Å². The lowest BCUT2D eigenvalue weighted by molar-refractivity contribution is 0.0999. The second-order valence-corrected chi connectivity index (χ2v) is 5.18. The second-order valence-electron chi connectivity index (χ2n) is 5.18. The quantitative estimate of drug-likeness (QED) is 0.852. The molecule has 0 saturated heterocycles. The summed E-state index contributed by atoms with van der Waals surface area (Å²) in [6.07, 6.45) is 2.93. The van der Waals surface area contributed by atoms with E-state index < -0.39 is 5.91 Å². The summed E-state index contributed by atoms with van der Waals surface area (Å²) in [5.74, 6) is -0.0104. The third-order valence-electron chi connectivity index (χ3n) is 3.84. The van der Waals surface area contributed by atoms with Crippen LogP contribution in [0, 0.1) is 13.8 Å². The molecule has 0 saturated carbocycles. The van der Waals surface area contributed by atoms with Crippen LogP contribution in [0.3, 0.4) is 0 Å². The molecule has 0 aliphatic heterocycles. The van der Waals surface area contributed by atoms with Gasteiger partial charge in [0.1, 0.15) is 0 Å². The van der Waals surface area contributed by atoms with Crippen molar-refractivity contribution in [1.82, 2.24) is 14.8 Å². The molecular formula is C14H17N5O. The molecule has 0 bridgehead atoms. The zero-order chi connectivity index (χ0) is 14.4. The molecule has 0 fully saturated rings. The number of aromatic nitrogens is 3. The number of pyridine rings is 1. The minimum atomic E-state index is -0.492. The van der Waals surface area contributed by atoms with Crippen LogP contribution in [-0.2, 0) is 12.8 Å². The number of aryl methyl sites for hydroxylation is 3. The number of primary amides is 1. The molecule has 2 aromatic heterocycles. The highest BCUT2D eigenvalue weighted by atomic mass is 16.1. The summed E-state index contributed by atoms with van der Waals surface area (Å²) in [6, 6.07) is 1.85. The van der Waals surface area contributed by atoms with Gasteiger partial charge in [-0.1, -0.05) is 0 Å². The van der Waals surface area contributed by atoms with Gasteiger partial charge >= 0.3 is 0 Å². The van der Waals surface area contributed by atoms with E-state index in [1.54, 1.807) is 4.68 Å². The molecular weight excluding hydrogens is 254 g/mol. The highest BCUT2D eigenvalue weighted by molar-refractivity contribution is 5.96. The van der Waals surface area contributed by atoms with Gasteiger partial charge < -0.3 is 11.5 Å². The fraction of sp³-hybridized carbons (Fsp3) is 0.357. The first-order valence-electron chi connectivity index (χ1n) is 6.63. The van der Waals surface area contributed by atoms with Crippen LogP contribution in [-0.4, -0.2) is 20.7 Å². The SMILES string of the molecule is Cc1nn(-c2nc3c(cc2C(N)=O)CCC3)c(C)c1N. The minimum absolute atomic E-state index is 0.399. The number of hydrogen-bond donors (Lipinski definition) is 2. The molecule has 2 aromatic rings. The largest absolute Gasteiger partial charge is 0.396 e. The van der Waals surface area contributed by atoms with Crippen LogP contribution in [0.1, 0.15) is 39.4 Å². The van der Waals surface area contributed by atoms with Crippen molar-refractivity contribution >= 4 is 11.6 Å². The first-order chi connectivity index (χ1) is 9.49. The summed E-state index contributed by atoms with van der Waals surface area (Å²) in [4.78, 5) is 16.3. The van der Waals surface area contributed by atoms with Gasteiger partial charge in [0.25, 0.3) is 5.91 Å². The Labute approximate surface area is 116 Å². The number of carbonyl (C=O) groups excluding carboxylic acids is 1. The molecule has 1 amide bonds. The molecule has 0 radical (unpaired) electrons. The number of fused-ring (bicyclic) bond motifs is 1. The van der Waals surface area contributed by atoms with Crippen molar-refractivity contribution in [2.24, 2.45) is 5.73 Å². The van der Waals surface area contributed by atoms with Crippen LogP contribution >= 0.6 is 0 Å². The Bertz CT molecular complexity index is 717. The van der Waals surface area contributed by atoms with Crippen molar-refractivity contribution in [2.75, 3.05) is 5.73 Å². The number of anilines is 1. The second kappa shape index (κ2) is 4.33. The Balaban J connectivity index is 2.27. The Morgan fingerprint density at radius 1 is 1.35 bits per heavy atom. The molecule has 0 atom stereocenters. The molecule has 0 spiro atoms. The first kappa shape index (κ1) is 12.7. The van der Waals surface area contributed by atoms with Crippen molar-refractivity contribution in [3.8, 4) is 5.82 Å². The fourth-order valence-electron chi connectivity index (χ4n) is 2.66. The van der Waals surface area contributed by atoms with E-state index >= 15 is 0 Å². The monoisotopic (exact) mass is 271 g/mol. The summed E-state index contributed by atoms with van der Waals surface area (Å²) in [7, 11) is 0. The molecule has 6 nitrogen and oxygen atoms in total. The third kappa shape index (κ3) is 1.76. The fourth-order valence-corrected chi connectivity index (χ4v) is 2.66. The number of nitrogen functional groups attached to an aromatic ring is 1. The average Bonchev–Trinajstić information content (AvgIpc) is 2.97. The van der Waals surface area contributed by atoms with E-state index in [1.165, 1.54) is 0 Å². The predicted molar refractivity (Wildman–Crippen MR) is 75.8 cm³/mol. The van der Waals surface area contributed by atoms with Crippen LogP contribution in [0.2, 0.25) is 0 Å². The molecule has 20 heavy (non-hydrogen) atoms. The van der Waals surface area contributed by atoms with Gasteiger partial charge in [-0.25, -0.2) is 9.67 Å². The summed E-state index contributed by atoms with van der Waals surface area (Å²) >= 11 is 0. The highest BCUT2D eigenvalue weighted by Gasteiger charge is 2.22. The van der Waals surface area contributed by atoms with E-state index in [0.29, 0.717) is 17.1 Å². The average molecular weight is 271 g/mol. The lowest BCUT2D eigenvalue weighted by atomic mass is 10.1. The van der Waals surface area contributed by atoms with E-state index in [1.807, 2.05) is 19.9 Å². The zero-order valence-corrected chi connectivity index (χ0v) is 11.6. The maximum absolute atomic E-state index is 11.7. The minimum Gasteiger partial charge on any atom is -0.396 e. The molecule has 104 valence electrons. The van der Waals surface area contributed by atoms with Crippen molar-refractivity contribution in [2.45, 2.75) is 33.1 Å². The number of carbonyl (C=O) groups is 1. The lowest BCUT2D eigenvalue weighted by Crippen LogP contribution is -2.18. The van der Waals surface area contributed by atoms with Gasteiger partial charge in [-0.2, -0.15) is 5.10 Å².